The zero-order valence-corrected chi connectivity index (χ0v) is 18.7. The van der Waals surface area contributed by atoms with Crippen molar-refractivity contribution in [3.05, 3.63) is 45.8 Å². The van der Waals surface area contributed by atoms with E-state index in [0.717, 1.165) is 40.8 Å². The number of aromatic nitrogens is 1. The van der Waals surface area contributed by atoms with Crippen molar-refractivity contribution in [2.75, 3.05) is 5.75 Å². The number of nitrogens with two attached hydrogens (primary N) is 1. The van der Waals surface area contributed by atoms with Crippen molar-refractivity contribution in [1.29, 1.82) is 0 Å². The van der Waals surface area contributed by atoms with Crippen LogP contribution in [0.2, 0.25) is 0 Å². The number of hydrogen-bond donors (Lipinski definition) is 2. The predicted octanol–water partition coefficient (Wildman–Crippen LogP) is 3.75. The van der Waals surface area contributed by atoms with Crippen LogP contribution in [0, 0.1) is 6.92 Å². The Morgan fingerprint density at radius 2 is 2.34 bits per heavy atom. The maximum atomic E-state index is 12.3. The van der Waals surface area contributed by atoms with E-state index in [2.05, 4.69) is 32.5 Å². The van der Waals surface area contributed by atoms with Gasteiger partial charge in [0.1, 0.15) is 29.2 Å². The van der Waals surface area contributed by atoms with Crippen LogP contribution in [-0.2, 0) is 5.54 Å². The lowest BCUT2D eigenvalue weighted by atomic mass is 9.82. The average Bonchev–Trinajstić information content (AvgIpc) is 3.27. The minimum Gasteiger partial charge on any atom is -0.490 e. The molecular weight excluding hydrogens is 456 g/mol. The molecule has 154 valence electrons. The summed E-state index contributed by atoms with van der Waals surface area (Å²) in [5.74, 6) is 1.51. The molecule has 0 saturated carbocycles. The number of nitrogens with zero attached hydrogens (tertiary/aromatic N) is 2. The Hall–Kier alpha value is -2.00. The van der Waals surface area contributed by atoms with Crippen molar-refractivity contribution >= 4 is 38.8 Å². The molecule has 2 aliphatic heterocycles. The van der Waals surface area contributed by atoms with E-state index in [9.17, 15) is 4.79 Å². The van der Waals surface area contributed by atoms with Gasteiger partial charge in [0.15, 0.2) is 5.17 Å². The Bertz CT molecular complexity index is 963. The van der Waals surface area contributed by atoms with Gasteiger partial charge in [0.2, 0.25) is 0 Å². The summed E-state index contributed by atoms with van der Waals surface area (Å²) in [6.07, 6.45) is 3.75. The SMILES string of the molecule is Cc1nocc1C(=O)NC(C)CC[C@H]1CC2(CSC(N)=N2)c2cc(Br)ccc2O1. The molecule has 0 saturated heterocycles. The number of aryl methyl sites for hydroxylation is 1. The Labute approximate surface area is 182 Å². The van der Waals surface area contributed by atoms with Crippen LogP contribution in [0.15, 0.2) is 38.5 Å². The molecule has 2 unspecified atom stereocenters. The van der Waals surface area contributed by atoms with Crippen LogP contribution in [0.25, 0.3) is 0 Å². The zero-order chi connectivity index (χ0) is 20.6. The molecule has 4 rings (SSSR count). The number of amides is 1. The summed E-state index contributed by atoms with van der Waals surface area (Å²) in [5, 5.41) is 7.39. The van der Waals surface area contributed by atoms with E-state index in [0.29, 0.717) is 16.4 Å². The summed E-state index contributed by atoms with van der Waals surface area (Å²) in [5.41, 5.74) is 7.81. The quantitative estimate of drug-likeness (QED) is 0.677. The number of hydrogen-bond acceptors (Lipinski definition) is 7. The van der Waals surface area contributed by atoms with E-state index in [-0.39, 0.29) is 23.6 Å². The van der Waals surface area contributed by atoms with Crippen LogP contribution in [0.3, 0.4) is 0 Å². The number of carbonyl (C=O) groups is 1. The molecule has 0 aliphatic carbocycles. The summed E-state index contributed by atoms with van der Waals surface area (Å²) in [4.78, 5) is 17.1. The maximum absolute atomic E-state index is 12.3. The highest BCUT2D eigenvalue weighted by atomic mass is 79.9. The minimum absolute atomic E-state index is 0.00538. The molecule has 2 aromatic rings. The van der Waals surface area contributed by atoms with Crippen LogP contribution in [-0.4, -0.2) is 34.1 Å². The smallest absolute Gasteiger partial charge is 0.256 e. The molecule has 1 amide bonds. The molecular formula is C20H23BrN4O3S. The lowest BCUT2D eigenvalue weighted by Gasteiger charge is -2.38. The van der Waals surface area contributed by atoms with Gasteiger partial charge in [-0.25, -0.2) is 0 Å². The summed E-state index contributed by atoms with van der Waals surface area (Å²) in [7, 11) is 0. The molecule has 3 atom stereocenters. The van der Waals surface area contributed by atoms with Crippen molar-refractivity contribution in [2.45, 2.75) is 50.8 Å². The molecule has 3 heterocycles. The number of thioether (sulfide) groups is 1. The Morgan fingerprint density at radius 3 is 3.03 bits per heavy atom. The van der Waals surface area contributed by atoms with Crippen molar-refractivity contribution in [3.8, 4) is 5.75 Å². The highest BCUT2D eigenvalue weighted by Gasteiger charge is 2.45. The van der Waals surface area contributed by atoms with Gasteiger partial charge in [-0.2, -0.15) is 0 Å². The first-order valence-corrected chi connectivity index (χ1v) is 11.3. The first-order valence-electron chi connectivity index (χ1n) is 9.53. The second kappa shape index (κ2) is 8.02. The molecule has 29 heavy (non-hydrogen) atoms. The number of benzene rings is 1. The lowest BCUT2D eigenvalue weighted by molar-refractivity contribution is 0.0921. The number of amidine groups is 1. The summed E-state index contributed by atoms with van der Waals surface area (Å²) in [6.45, 7) is 3.74. The van der Waals surface area contributed by atoms with Gasteiger partial charge in [0.25, 0.3) is 5.91 Å². The van der Waals surface area contributed by atoms with Gasteiger partial charge in [-0.3, -0.25) is 9.79 Å². The normalized spacial score (nSPS) is 24.0. The van der Waals surface area contributed by atoms with Crippen molar-refractivity contribution < 1.29 is 14.1 Å². The van der Waals surface area contributed by atoms with Crippen LogP contribution in [0.4, 0.5) is 0 Å². The van der Waals surface area contributed by atoms with Crippen molar-refractivity contribution in [3.63, 3.8) is 0 Å². The molecule has 0 radical (unpaired) electrons. The topological polar surface area (TPSA) is 103 Å². The van der Waals surface area contributed by atoms with Crippen molar-refractivity contribution in [1.82, 2.24) is 10.5 Å². The number of aliphatic imine (C=N–C) groups is 1. The fraction of sp³-hybridized carbons (Fsp3) is 0.450. The Morgan fingerprint density at radius 1 is 1.52 bits per heavy atom. The lowest BCUT2D eigenvalue weighted by Crippen LogP contribution is -2.39. The molecule has 1 aromatic heterocycles. The summed E-state index contributed by atoms with van der Waals surface area (Å²) < 4.78 is 12.1. The Balaban J connectivity index is 1.43. The third-order valence-corrected chi connectivity index (χ3v) is 6.88. The zero-order valence-electron chi connectivity index (χ0n) is 16.3. The third kappa shape index (κ3) is 4.16. The highest BCUT2D eigenvalue weighted by molar-refractivity contribution is 9.10. The largest absolute Gasteiger partial charge is 0.490 e. The van der Waals surface area contributed by atoms with Gasteiger partial charge in [-0.1, -0.05) is 32.8 Å². The second-order valence-corrected chi connectivity index (χ2v) is 9.53. The molecule has 1 spiro atoms. The Kier molecular flexibility index (Phi) is 5.61. The predicted molar refractivity (Wildman–Crippen MR) is 116 cm³/mol. The van der Waals surface area contributed by atoms with E-state index in [1.54, 1.807) is 18.7 Å². The molecule has 3 N–H and O–H groups in total. The molecule has 2 aliphatic rings. The van der Waals surface area contributed by atoms with Crippen LogP contribution in [0.1, 0.15) is 47.8 Å². The molecule has 9 heteroatoms. The van der Waals surface area contributed by atoms with Gasteiger partial charge in [0, 0.05) is 28.3 Å². The highest BCUT2D eigenvalue weighted by Crippen LogP contribution is 2.48. The summed E-state index contributed by atoms with van der Waals surface area (Å²) >= 11 is 5.14. The number of rotatable bonds is 5. The molecule has 7 nitrogen and oxygen atoms in total. The minimum atomic E-state index is -0.344. The third-order valence-electron chi connectivity index (χ3n) is 5.38. The maximum Gasteiger partial charge on any atom is 0.256 e. The van der Waals surface area contributed by atoms with Gasteiger partial charge in [-0.15, -0.1) is 0 Å². The van der Waals surface area contributed by atoms with Gasteiger partial charge < -0.3 is 20.3 Å². The van der Waals surface area contributed by atoms with Crippen molar-refractivity contribution in [2.24, 2.45) is 10.7 Å². The number of carbonyl (C=O) groups excluding carboxylic acids is 1. The van der Waals surface area contributed by atoms with Gasteiger partial charge in [-0.05, 0) is 44.9 Å². The average molecular weight is 479 g/mol. The fourth-order valence-corrected chi connectivity index (χ4v) is 5.19. The van der Waals surface area contributed by atoms with Gasteiger partial charge >= 0.3 is 0 Å². The van der Waals surface area contributed by atoms with E-state index in [1.165, 1.54) is 6.26 Å². The number of halogens is 1. The first-order chi connectivity index (χ1) is 13.9. The van der Waals surface area contributed by atoms with Crippen LogP contribution < -0.4 is 15.8 Å². The van der Waals surface area contributed by atoms with Crippen LogP contribution >= 0.6 is 27.7 Å². The monoisotopic (exact) mass is 478 g/mol. The fourth-order valence-electron chi connectivity index (χ4n) is 3.87. The molecule has 0 bridgehead atoms. The summed E-state index contributed by atoms with van der Waals surface area (Å²) in [6, 6.07) is 6.04. The standard InChI is InChI=1S/C20H23BrN4O3S/c1-11(23-18(26)15-9-27-25-12(15)2)3-5-14-8-20(10-29-19(22)24-20)16-7-13(21)4-6-17(16)28-14/h4,6-7,9,11,14H,3,5,8,10H2,1-2H3,(H2,22,24)(H,23,26)/t11?,14-,20?/m0/s1. The van der Waals surface area contributed by atoms with Crippen LogP contribution in [0.5, 0.6) is 5.75 Å². The van der Waals surface area contributed by atoms with Gasteiger partial charge in [0.05, 0.1) is 5.69 Å². The number of nitrogens with one attached hydrogen (secondary N) is 1. The molecule has 1 aromatic carbocycles. The first kappa shape index (κ1) is 20.3. The number of ether oxygens (including phenoxy) is 1. The number of fused-ring (bicyclic) bond motifs is 2. The van der Waals surface area contributed by atoms with E-state index >= 15 is 0 Å². The second-order valence-electron chi connectivity index (χ2n) is 7.62. The van der Waals surface area contributed by atoms with E-state index < -0.39 is 0 Å². The van der Waals surface area contributed by atoms with E-state index in [4.69, 9.17) is 20.0 Å². The molecule has 0 fully saturated rings. The van der Waals surface area contributed by atoms with E-state index in [1.807, 2.05) is 19.1 Å².